The number of hydrogen-bond donors (Lipinski definition) is 1. The number of benzene rings is 1. The van der Waals surface area contributed by atoms with Crippen LogP contribution in [0.25, 0.3) is 0 Å². The van der Waals surface area contributed by atoms with Gasteiger partial charge in [0.15, 0.2) is 0 Å². The molecule has 0 aliphatic carbocycles. The third-order valence-electron chi connectivity index (χ3n) is 2.86. The average molecular weight is 224 g/mol. The van der Waals surface area contributed by atoms with Crippen LogP contribution in [0.5, 0.6) is 11.5 Å². The van der Waals surface area contributed by atoms with Crippen LogP contribution in [0.1, 0.15) is 19.4 Å². The van der Waals surface area contributed by atoms with Gasteiger partial charge in [0, 0.05) is 6.07 Å². The summed E-state index contributed by atoms with van der Waals surface area (Å²) in [6, 6.07) is 5.76. The van der Waals surface area contributed by atoms with Crippen molar-refractivity contribution in [3.05, 3.63) is 23.8 Å². The normalized spacial score (nSPS) is 14.3. The zero-order valence-corrected chi connectivity index (χ0v) is 10.4. The van der Waals surface area contributed by atoms with Gasteiger partial charge in [-0.25, -0.2) is 0 Å². The number of ether oxygens (including phenoxy) is 2. The van der Waals surface area contributed by atoms with E-state index in [2.05, 4.69) is 0 Å². The van der Waals surface area contributed by atoms with Gasteiger partial charge in [0.1, 0.15) is 11.5 Å². The molecular formula is C13H20O3. The molecule has 0 radical (unpaired) electrons. The van der Waals surface area contributed by atoms with Crippen molar-refractivity contribution in [1.82, 2.24) is 0 Å². The maximum atomic E-state index is 9.48. The Morgan fingerprint density at radius 1 is 1.19 bits per heavy atom. The molecule has 2 atom stereocenters. The topological polar surface area (TPSA) is 38.7 Å². The average Bonchev–Trinajstić information content (AvgIpc) is 2.29. The van der Waals surface area contributed by atoms with Gasteiger partial charge < -0.3 is 14.6 Å². The Morgan fingerprint density at radius 3 is 2.38 bits per heavy atom. The minimum atomic E-state index is -0.313. The number of rotatable bonds is 5. The maximum absolute atomic E-state index is 9.48. The first-order valence-corrected chi connectivity index (χ1v) is 5.47. The fourth-order valence-electron chi connectivity index (χ4n) is 1.54. The molecule has 0 spiro atoms. The van der Waals surface area contributed by atoms with E-state index in [0.717, 1.165) is 23.5 Å². The second kappa shape index (κ2) is 5.75. The molecule has 1 N–H and O–H groups in total. The van der Waals surface area contributed by atoms with Crippen LogP contribution in [-0.2, 0) is 6.42 Å². The van der Waals surface area contributed by atoms with E-state index >= 15 is 0 Å². The highest BCUT2D eigenvalue weighted by molar-refractivity contribution is 5.40. The third-order valence-corrected chi connectivity index (χ3v) is 2.86. The summed E-state index contributed by atoms with van der Waals surface area (Å²) in [5.74, 6) is 1.81. The summed E-state index contributed by atoms with van der Waals surface area (Å²) >= 11 is 0. The summed E-state index contributed by atoms with van der Waals surface area (Å²) in [5.41, 5.74) is 1.09. The van der Waals surface area contributed by atoms with E-state index in [1.165, 1.54) is 0 Å². The molecule has 1 aromatic carbocycles. The van der Waals surface area contributed by atoms with E-state index in [1.807, 2.05) is 25.1 Å². The monoisotopic (exact) mass is 224 g/mol. The molecule has 0 bridgehead atoms. The van der Waals surface area contributed by atoms with Crippen LogP contribution in [0.15, 0.2) is 18.2 Å². The van der Waals surface area contributed by atoms with E-state index in [1.54, 1.807) is 21.1 Å². The highest BCUT2D eigenvalue weighted by atomic mass is 16.5. The van der Waals surface area contributed by atoms with Gasteiger partial charge in [-0.1, -0.05) is 13.0 Å². The Bertz CT molecular complexity index is 334. The zero-order valence-electron chi connectivity index (χ0n) is 10.4. The molecule has 3 nitrogen and oxygen atoms in total. The maximum Gasteiger partial charge on any atom is 0.125 e. The molecule has 0 aliphatic heterocycles. The molecule has 0 saturated carbocycles. The molecule has 0 aromatic heterocycles. The van der Waals surface area contributed by atoms with E-state index < -0.39 is 0 Å². The molecular weight excluding hydrogens is 204 g/mol. The van der Waals surface area contributed by atoms with E-state index in [4.69, 9.17) is 9.47 Å². The van der Waals surface area contributed by atoms with Crippen LogP contribution in [0.4, 0.5) is 0 Å². The van der Waals surface area contributed by atoms with Crippen LogP contribution >= 0.6 is 0 Å². The lowest BCUT2D eigenvalue weighted by Gasteiger charge is -2.17. The van der Waals surface area contributed by atoms with Gasteiger partial charge >= 0.3 is 0 Å². The first-order chi connectivity index (χ1) is 7.58. The molecule has 0 amide bonds. The Labute approximate surface area is 97.0 Å². The van der Waals surface area contributed by atoms with Crippen molar-refractivity contribution in [2.75, 3.05) is 14.2 Å². The number of aliphatic hydroxyl groups excluding tert-OH is 1. The lowest BCUT2D eigenvalue weighted by Crippen LogP contribution is -2.15. The lowest BCUT2D eigenvalue weighted by molar-refractivity contribution is 0.134. The summed E-state index contributed by atoms with van der Waals surface area (Å²) in [5, 5.41) is 9.48. The second-order valence-corrected chi connectivity index (χ2v) is 4.10. The van der Waals surface area contributed by atoms with Crippen LogP contribution < -0.4 is 9.47 Å². The Morgan fingerprint density at radius 2 is 1.88 bits per heavy atom. The molecule has 1 aromatic rings. The highest BCUT2D eigenvalue weighted by Gasteiger charge is 2.13. The minimum absolute atomic E-state index is 0.210. The third kappa shape index (κ3) is 3.14. The van der Waals surface area contributed by atoms with Crippen molar-refractivity contribution in [2.24, 2.45) is 5.92 Å². The number of aliphatic hydroxyl groups is 1. The first-order valence-electron chi connectivity index (χ1n) is 5.47. The fraction of sp³-hybridized carbons (Fsp3) is 0.538. The molecule has 90 valence electrons. The number of hydrogen-bond acceptors (Lipinski definition) is 3. The fourth-order valence-corrected chi connectivity index (χ4v) is 1.54. The van der Waals surface area contributed by atoms with Gasteiger partial charge in [0.2, 0.25) is 0 Å². The summed E-state index contributed by atoms with van der Waals surface area (Å²) < 4.78 is 10.4. The van der Waals surface area contributed by atoms with Gasteiger partial charge in [-0.15, -0.1) is 0 Å². The molecule has 0 saturated heterocycles. The van der Waals surface area contributed by atoms with Gasteiger partial charge in [0.05, 0.1) is 20.3 Å². The van der Waals surface area contributed by atoms with Crippen molar-refractivity contribution in [2.45, 2.75) is 26.4 Å². The SMILES string of the molecule is COc1ccc(CC(C)C(C)O)c(OC)c1. The van der Waals surface area contributed by atoms with Crippen LogP contribution in [0, 0.1) is 5.92 Å². The van der Waals surface area contributed by atoms with Crippen molar-refractivity contribution in [3.8, 4) is 11.5 Å². The molecule has 3 heteroatoms. The Balaban J connectivity index is 2.87. The Hall–Kier alpha value is -1.22. The highest BCUT2D eigenvalue weighted by Crippen LogP contribution is 2.27. The van der Waals surface area contributed by atoms with Crippen LogP contribution in [0.2, 0.25) is 0 Å². The summed E-state index contributed by atoms with van der Waals surface area (Å²) in [4.78, 5) is 0. The molecule has 2 unspecified atom stereocenters. The van der Waals surface area contributed by atoms with Crippen molar-refractivity contribution in [3.63, 3.8) is 0 Å². The van der Waals surface area contributed by atoms with E-state index in [0.29, 0.717) is 0 Å². The lowest BCUT2D eigenvalue weighted by atomic mass is 9.96. The predicted molar refractivity (Wildman–Crippen MR) is 64.1 cm³/mol. The van der Waals surface area contributed by atoms with Gasteiger partial charge in [-0.05, 0) is 30.9 Å². The first kappa shape index (κ1) is 12.8. The van der Waals surface area contributed by atoms with Gasteiger partial charge in [-0.3, -0.25) is 0 Å². The van der Waals surface area contributed by atoms with Gasteiger partial charge in [-0.2, -0.15) is 0 Å². The van der Waals surface area contributed by atoms with Gasteiger partial charge in [0.25, 0.3) is 0 Å². The standard InChI is InChI=1S/C13H20O3/c1-9(10(2)14)7-11-5-6-12(15-3)8-13(11)16-4/h5-6,8-10,14H,7H2,1-4H3. The molecule has 0 heterocycles. The summed E-state index contributed by atoms with van der Waals surface area (Å²) in [6.45, 7) is 3.83. The quantitative estimate of drug-likeness (QED) is 0.833. The summed E-state index contributed by atoms with van der Waals surface area (Å²) in [6.07, 6.45) is 0.483. The second-order valence-electron chi connectivity index (χ2n) is 4.10. The van der Waals surface area contributed by atoms with Crippen molar-refractivity contribution < 1.29 is 14.6 Å². The zero-order chi connectivity index (χ0) is 12.1. The van der Waals surface area contributed by atoms with Crippen LogP contribution in [0.3, 0.4) is 0 Å². The molecule has 16 heavy (non-hydrogen) atoms. The number of methoxy groups -OCH3 is 2. The molecule has 1 rings (SSSR count). The Kier molecular flexibility index (Phi) is 4.62. The van der Waals surface area contributed by atoms with Crippen molar-refractivity contribution in [1.29, 1.82) is 0 Å². The van der Waals surface area contributed by atoms with E-state index in [-0.39, 0.29) is 12.0 Å². The summed E-state index contributed by atoms with van der Waals surface area (Å²) in [7, 11) is 3.28. The van der Waals surface area contributed by atoms with Crippen molar-refractivity contribution >= 4 is 0 Å². The van der Waals surface area contributed by atoms with E-state index in [9.17, 15) is 5.11 Å². The predicted octanol–water partition coefficient (Wildman–Crippen LogP) is 2.26. The molecule has 0 aliphatic rings. The van der Waals surface area contributed by atoms with Crippen LogP contribution in [-0.4, -0.2) is 25.4 Å². The smallest absolute Gasteiger partial charge is 0.125 e. The molecule has 0 fully saturated rings. The largest absolute Gasteiger partial charge is 0.497 e. The minimum Gasteiger partial charge on any atom is -0.497 e.